The van der Waals surface area contributed by atoms with E-state index in [4.69, 9.17) is 9.41 Å². The number of hydrogen-bond donors (Lipinski definition) is 1. The van der Waals surface area contributed by atoms with E-state index in [2.05, 4.69) is 15.5 Å². The van der Waals surface area contributed by atoms with Crippen LogP contribution in [0.15, 0.2) is 75.3 Å². The molecule has 1 N–H and O–H groups in total. The van der Waals surface area contributed by atoms with Crippen molar-refractivity contribution in [2.45, 2.75) is 75.3 Å². The van der Waals surface area contributed by atoms with Gasteiger partial charge in [0.1, 0.15) is 5.82 Å². The number of benzene rings is 2. The van der Waals surface area contributed by atoms with E-state index < -0.39 is 23.0 Å². The lowest BCUT2D eigenvalue weighted by molar-refractivity contribution is -0.126. The van der Waals surface area contributed by atoms with Crippen LogP contribution in [0.4, 0.5) is 13.2 Å². The second kappa shape index (κ2) is 11.3. The molecule has 2 amide bonds. The Balaban J connectivity index is 1.21. The fraction of sp³-hybridized carbons (Fsp3) is 0.361. The first-order chi connectivity index (χ1) is 23.1. The predicted molar refractivity (Wildman–Crippen MR) is 172 cm³/mol. The molecule has 2 fully saturated rings. The summed E-state index contributed by atoms with van der Waals surface area (Å²) in [6.07, 6.45) is 4.07. The third kappa shape index (κ3) is 4.91. The molecule has 2 aromatic heterocycles. The first-order valence-electron chi connectivity index (χ1n) is 16.1. The number of fused-ring (bicyclic) bond motifs is 2. The first-order valence-corrected chi connectivity index (χ1v) is 16.9. The van der Waals surface area contributed by atoms with Gasteiger partial charge in [0.25, 0.3) is 11.8 Å². The molecule has 1 aliphatic carbocycles. The summed E-state index contributed by atoms with van der Waals surface area (Å²) in [5.41, 5.74) is 2.35. The van der Waals surface area contributed by atoms with Crippen molar-refractivity contribution in [2.75, 3.05) is 6.54 Å². The topological polar surface area (TPSA) is 101 Å². The minimum Gasteiger partial charge on any atom is -0.425 e. The van der Waals surface area contributed by atoms with Gasteiger partial charge >= 0.3 is 0 Å². The zero-order valence-corrected chi connectivity index (χ0v) is 27.2. The number of amides is 2. The van der Waals surface area contributed by atoms with E-state index in [0.29, 0.717) is 40.8 Å². The zero-order valence-electron chi connectivity index (χ0n) is 26.4. The van der Waals surface area contributed by atoms with Crippen molar-refractivity contribution in [3.8, 4) is 0 Å². The average Bonchev–Trinajstić information content (AvgIpc) is 3.49. The van der Waals surface area contributed by atoms with Crippen molar-refractivity contribution < 1.29 is 27.2 Å². The van der Waals surface area contributed by atoms with E-state index in [1.807, 2.05) is 30.0 Å². The number of aliphatic imine (C=N–C) groups is 1. The largest absolute Gasteiger partial charge is 0.425 e. The summed E-state index contributed by atoms with van der Waals surface area (Å²) in [5.74, 6) is -2.53. The molecule has 3 atom stereocenters. The van der Waals surface area contributed by atoms with E-state index in [9.17, 15) is 22.8 Å². The van der Waals surface area contributed by atoms with Crippen LogP contribution in [0.25, 0.3) is 0 Å². The summed E-state index contributed by atoms with van der Waals surface area (Å²) < 4.78 is 47.3. The van der Waals surface area contributed by atoms with E-state index in [-0.39, 0.29) is 35.6 Å². The van der Waals surface area contributed by atoms with E-state index in [1.165, 1.54) is 29.5 Å². The number of carbonyl (C=O) groups excluding carboxylic acids is 2. The van der Waals surface area contributed by atoms with Gasteiger partial charge < -0.3 is 14.6 Å². The van der Waals surface area contributed by atoms with Crippen molar-refractivity contribution in [3.05, 3.63) is 116 Å². The van der Waals surface area contributed by atoms with E-state index >= 15 is 0 Å². The number of nitrogens with one attached hydrogen (secondary N) is 1. The molecule has 5 heterocycles. The molecule has 8 nitrogen and oxygen atoms in total. The molecule has 0 spiro atoms. The quantitative estimate of drug-likeness (QED) is 0.226. The highest BCUT2D eigenvalue weighted by molar-refractivity contribution is 7.14. The van der Waals surface area contributed by atoms with Crippen molar-refractivity contribution in [1.29, 1.82) is 0 Å². The maximum atomic E-state index is 14.2. The van der Waals surface area contributed by atoms with Gasteiger partial charge in [-0.05, 0) is 86.6 Å². The predicted octanol–water partition coefficient (Wildman–Crippen LogP) is 6.66. The van der Waals surface area contributed by atoms with E-state index in [1.54, 1.807) is 13.0 Å². The molecular formula is C36H32F3N5O3S. The number of halogens is 3. The first kappa shape index (κ1) is 30.7. The molecule has 2 unspecified atom stereocenters. The Hall–Kier alpha value is -4.58. The third-order valence-electron chi connectivity index (χ3n) is 10.4. The maximum absolute atomic E-state index is 14.2. The van der Waals surface area contributed by atoms with Gasteiger partial charge in [0.15, 0.2) is 11.6 Å². The molecule has 1 saturated heterocycles. The summed E-state index contributed by atoms with van der Waals surface area (Å²) in [6.45, 7) is 4.37. The van der Waals surface area contributed by atoms with Gasteiger partial charge in [0.2, 0.25) is 11.8 Å². The van der Waals surface area contributed by atoms with Gasteiger partial charge in [-0.3, -0.25) is 14.6 Å². The highest BCUT2D eigenvalue weighted by Crippen LogP contribution is 2.59. The van der Waals surface area contributed by atoms with Crippen LogP contribution < -0.4 is 5.32 Å². The number of carbonyl (C=O) groups is 2. The molecular weight excluding hydrogens is 639 g/mol. The maximum Gasteiger partial charge on any atom is 0.261 e. The number of rotatable bonds is 8. The number of aromatic nitrogens is 2. The van der Waals surface area contributed by atoms with Crippen LogP contribution in [-0.4, -0.2) is 45.2 Å². The second-order valence-corrected chi connectivity index (χ2v) is 14.5. The Morgan fingerprint density at radius 3 is 2.56 bits per heavy atom. The van der Waals surface area contributed by atoms with Crippen LogP contribution >= 0.6 is 11.3 Å². The molecule has 12 heteroatoms. The summed E-state index contributed by atoms with van der Waals surface area (Å²) in [6, 6.07) is 13.6. The van der Waals surface area contributed by atoms with Crippen LogP contribution in [0.1, 0.15) is 82.4 Å². The normalized spacial score (nSPS) is 24.1. The van der Waals surface area contributed by atoms with Crippen molar-refractivity contribution in [3.63, 3.8) is 0 Å². The lowest BCUT2D eigenvalue weighted by Crippen LogP contribution is -2.45. The zero-order chi connectivity index (χ0) is 33.4. The van der Waals surface area contributed by atoms with Gasteiger partial charge in [-0.15, -0.1) is 21.5 Å². The third-order valence-corrected chi connectivity index (χ3v) is 11.6. The van der Waals surface area contributed by atoms with Gasteiger partial charge in [0, 0.05) is 41.9 Å². The Morgan fingerprint density at radius 1 is 1.06 bits per heavy atom. The fourth-order valence-electron chi connectivity index (χ4n) is 7.66. The van der Waals surface area contributed by atoms with Crippen molar-refractivity contribution in [1.82, 2.24) is 20.4 Å². The Morgan fingerprint density at radius 2 is 1.85 bits per heavy atom. The molecule has 48 heavy (non-hydrogen) atoms. The number of aryl methyl sites for hydroxylation is 1. The van der Waals surface area contributed by atoms with Gasteiger partial charge in [-0.25, -0.2) is 13.2 Å². The fourth-order valence-corrected chi connectivity index (χ4v) is 8.82. The van der Waals surface area contributed by atoms with Gasteiger partial charge in [-0.1, -0.05) is 18.2 Å². The van der Waals surface area contributed by atoms with Gasteiger partial charge in [-0.2, -0.15) is 0 Å². The Labute approximate surface area is 278 Å². The average molecular weight is 672 g/mol. The molecule has 8 rings (SSSR count). The highest BCUT2D eigenvalue weighted by Gasteiger charge is 2.59. The molecule has 0 bridgehead atoms. The minimum atomic E-state index is -1.03. The molecule has 1 saturated carbocycles. The van der Waals surface area contributed by atoms with Crippen LogP contribution in [0.3, 0.4) is 0 Å². The molecule has 3 aliphatic heterocycles. The second-order valence-electron chi connectivity index (χ2n) is 13.4. The van der Waals surface area contributed by atoms with Crippen LogP contribution in [0, 0.1) is 24.4 Å². The molecule has 246 valence electrons. The van der Waals surface area contributed by atoms with Crippen LogP contribution in [-0.2, 0) is 22.2 Å². The van der Waals surface area contributed by atoms with Crippen LogP contribution in [0.5, 0.6) is 0 Å². The smallest absolute Gasteiger partial charge is 0.261 e. The molecule has 0 radical (unpaired) electrons. The van der Waals surface area contributed by atoms with Crippen molar-refractivity contribution >= 4 is 28.9 Å². The number of thiophene rings is 1. The summed E-state index contributed by atoms with van der Waals surface area (Å²) in [7, 11) is 0. The Bertz CT molecular complexity index is 2030. The SMILES string of the molecule is Cc1nnc(C2(C)C(CC3(c4ccc(F)cc4)CC3)=NC3=C(C(=O)N4CCC[C@@H]34)C2c2ccc(C(=O)NCc3ccc(F)c(F)c3)s2)o1. The standard InChI is InChI=1S/C36H32F3N5O3S/c1-19-42-43-34(47-19)35(2)28(17-36(13-14-36)21-6-8-22(37)9-7-21)41-31-25-4-3-15-44(25)33(46)29(31)30(35)26-11-12-27(48-26)32(45)40-18-20-5-10-23(38)24(39)16-20/h5-12,16,25,30H,3-4,13-15,17-18H2,1-2H3,(H,40,45)/t25-,30?,35?/m0/s1. The molecule has 4 aromatic rings. The van der Waals surface area contributed by atoms with Gasteiger partial charge in [0.05, 0.1) is 27.6 Å². The summed E-state index contributed by atoms with van der Waals surface area (Å²) in [5, 5.41) is 11.5. The summed E-state index contributed by atoms with van der Waals surface area (Å²) >= 11 is 1.27. The highest BCUT2D eigenvalue weighted by atomic mass is 32.1. The number of hydrogen-bond acceptors (Lipinski definition) is 7. The summed E-state index contributed by atoms with van der Waals surface area (Å²) in [4.78, 5) is 36.0. The van der Waals surface area contributed by atoms with E-state index in [0.717, 1.165) is 59.7 Å². The number of nitrogens with zero attached hydrogens (tertiary/aromatic N) is 4. The monoisotopic (exact) mass is 671 g/mol. The Kier molecular flexibility index (Phi) is 7.21. The molecule has 4 aliphatic rings. The lowest BCUT2D eigenvalue weighted by Gasteiger charge is -2.40. The van der Waals surface area contributed by atoms with Crippen molar-refractivity contribution in [2.24, 2.45) is 4.99 Å². The molecule has 2 aromatic carbocycles. The minimum absolute atomic E-state index is 0.0123. The lowest BCUT2D eigenvalue weighted by atomic mass is 9.64. The van der Waals surface area contributed by atoms with Crippen LogP contribution in [0.2, 0.25) is 0 Å².